The van der Waals surface area contributed by atoms with Crippen LogP contribution in [0.4, 0.5) is 0 Å². The lowest BCUT2D eigenvalue weighted by Gasteiger charge is -2.40. The normalized spacial score (nSPS) is 36.2. The van der Waals surface area contributed by atoms with E-state index >= 15 is 0 Å². The summed E-state index contributed by atoms with van der Waals surface area (Å²) in [6, 6.07) is 2.27. The second-order valence-corrected chi connectivity index (χ2v) is 7.64. The lowest BCUT2D eigenvalue weighted by Crippen LogP contribution is -2.43. The van der Waals surface area contributed by atoms with Gasteiger partial charge < -0.3 is 5.11 Å². The second kappa shape index (κ2) is 5.55. The molecule has 1 aliphatic heterocycles. The van der Waals surface area contributed by atoms with Gasteiger partial charge in [0.05, 0.1) is 6.10 Å². The first-order valence-corrected chi connectivity index (χ1v) is 8.47. The minimum absolute atomic E-state index is 0.0948. The van der Waals surface area contributed by atoms with E-state index in [1.807, 2.05) is 11.3 Å². The summed E-state index contributed by atoms with van der Waals surface area (Å²) in [5, 5.41) is 12.6. The van der Waals surface area contributed by atoms with Crippen LogP contribution < -0.4 is 0 Å². The summed E-state index contributed by atoms with van der Waals surface area (Å²) in [4.78, 5) is 4.12. The summed E-state index contributed by atoms with van der Waals surface area (Å²) in [6.45, 7) is 7.92. The highest BCUT2D eigenvalue weighted by atomic mass is 32.1. The Morgan fingerprint density at radius 3 is 3.00 bits per heavy atom. The van der Waals surface area contributed by atoms with E-state index < -0.39 is 0 Å². The molecule has 3 heteroatoms. The van der Waals surface area contributed by atoms with E-state index in [1.165, 1.54) is 24.9 Å². The van der Waals surface area contributed by atoms with Crippen molar-refractivity contribution in [3.63, 3.8) is 0 Å². The van der Waals surface area contributed by atoms with Crippen molar-refractivity contribution in [3.05, 3.63) is 21.9 Å². The molecule has 1 fully saturated rings. The molecule has 3 rings (SSSR count). The third-order valence-electron chi connectivity index (χ3n) is 5.00. The average Bonchev–Trinajstić information content (AvgIpc) is 2.81. The van der Waals surface area contributed by atoms with Crippen molar-refractivity contribution in [3.8, 4) is 0 Å². The Morgan fingerprint density at radius 2 is 2.21 bits per heavy atom. The van der Waals surface area contributed by atoms with Crippen LogP contribution in [-0.2, 0) is 13.0 Å². The van der Waals surface area contributed by atoms with Crippen LogP contribution in [0.15, 0.2) is 11.4 Å². The molecule has 1 N–H and O–H groups in total. The first-order chi connectivity index (χ1) is 9.13. The SMILES string of the molecule is CC1CC(C)C(CN2CCc3sccc3C2)C(O)C1. The number of nitrogens with zero attached hydrogens (tertiary/aromatic N) is 1. The molecule has 0 bridgehead atoms. The molecular formula is C16H25NOS. The fraction of sp³-hybridized carbons (Fsp3) is 0.750. The Hall–Kier alpha value is -0.380. The summed E-state index contributed by atoms with van der Waals surface area (Å²) in [5.74, 6) is 1.81. The molecule has 2 aliphatic rings. The third-order valence-corrected chi connectivity index (χ3v) is 6.02. The van der Waals surface area contributed by atoms with Gasteiger partial charge in [-0.1, -0.05) is 13.8 Å². The van der Waals surface area contributed by atoms with Gasteiger partial charge in [0.1, 0.15) is 0 Å². The van der Waals surface area contributed by atoms with Crippen LogP contribution in [-0.4, -0.2) is 29.2 Å². The maximum atomic E-state index is 10.4. The molecular weight excluding hydrogens is 254 g/mol. The Balaban J connectivity index is 1.63. The molecule has 1 aromatic heterocycles. The highest BCUT2D eigenvalue weighted by Gasteiger charge is 2.34. The van der Waals surface area contributed by atoms with Crippen molar-refractivity contribution in [1.82, 2.24) is 4.90 Å². The van der Waals surface area contributed by atoms with Gasteiger partial charge in [0.15, 0.2) is 0 Å². The number of aliphatic hydroxyl groups excluding tert-OH is 1. The van der Waals surface area contributed by atoms with E-state index in [0.717, 1.165) is 19.5 Å². The van der Waals surface area contributed by atoms with Gasteiger partial charge >= 0.3 is 0 Å². The molecule has 1 aliphatic carbocycles. The quantitative estimate of drug-likeness (QED) is 0.899. The van der Waals surface area contributed by atoms with Gasteiger partial charge in [-0.15, -0.1) is 11.3 Å². The standard InChI is InChI=1S/C16H25NOS/c1-11-7-12(2)14(15(18)8-11)10-17-5-3-16-13(9-17)4-6-19-16/h4,6,11-12,14-15,18H,3,5,7-10H2,1-2H3. The number of hydrogen-bond acceptors (Lipinski definition) is 3. The number of hydrogen-bond donors (Lipinski definition) is 1. The van der Waals surface area contributed by atoms with Crippen LogP contribution in [0.3, 0.4) is 0 Å². The summed E-state index contributed by atoms with van der Waals surface area (Å²) >= 11 is 1.90. The Morgan fingerprint density at radius 1 is 1.37 bits per heavy atom. The third kappa shape index (κ3) is 2.88. The van der Waals surface area contributed by atoms with Crippen LogP contribution in [0.25, 0.3) is 0 Å². The molecule has 0 radical (unpaired) electrons. The Kier molecular flexibility index (Phi) is 3.97. The van der Waals surface area contributed by atoms with Crippen LogP contribution in [0, 0.1) is 17.8 Å². The molecule has 4 unspecified atom stereocenters. The fourth-order valence-electron chi connectivity index (χ4n) is 3.93. The zero-order chi connectivity index (χ0) is 13.4. The van der Waals surface area contributed by atoms with E-state index in [4.69, 9.17) is 0 Å². The second-order valence-electron chi connectivity index (χ2n) is 6.64. The number of rotatable bonds is 2. The Bertz CT molecular complexity index is 418. The van der Waals surface area contributed by atoms with Crippen LogP contribution >= 0.6 is 11.3 Å². The number of aliphatic hydroxyl groups is 1. The topological polar surface area (TPSA) is 23.5 Å². The predicted molar refractivity (Wildman–Crippen MR) is 80.4 cm³/mol. The van der Waals surface area contributed by atoms with E-state index in [0.29, 0.717) is 17.8 Å². The van der Waals surface area contributed by atoms with Gasteiger partial charge in [-0.05, 0) is 48.1 Å². The van der Waals surface area contributed by atoms with E-state index in [2.05, 4.69) is 30.2 Å². The van der Waals surface area contributed by atoms with Gasteiger partial charge in [0.25, 0.3) is 0 Å². The molecule has 0 amide bonds. The lowest BCUT2D eigenvalue weighted by atomic mass is 9.73. The molecule has 0 saturated heterocycles. The highest BCUT2D eigenvalue weighted by molar-refractivity contribution is 7.10. The van der Waals surface area contributed by atoms with Crippen molar-refractivity contribution in [2.24, 2.45) is 17.8 Å². The molecule has 1 aromatic rings. The first kappa shape index (κ1) is 13.6. The minimum atomic E-state index is -0.0948. The van der Waals surface area contributed by atoms with Gasteiger partial charge in [0.2, 0.25) is 0 Å². The van der Waals surface area contributed by atoms with Gasteiger partial charge in [-0.3, -0.25) is 4.90 Å². The summed E-state index contributed by atoms with van der Waals surface area (Å²) in [5.41, 5.74) is 1.52. The smallest absolute Gasteiger partial charge is 0.0585 e. The zero-order valence-electron chi connectivity index (χ0n) is 12.0. The zero-order valence-corrected chi connectivity index (χ0v) is 12.8. The monoisotopic (exact) mass is 279 g/mol. The van der Waals surface area contributed by atoms with E-state index in [9.17, 15) is 5.11 Å². The summed E-state index contributed by atoms with van der Waals surface area (Å²) in [6.07, 6.45) is 3.37. The van der Waals surface area contributed by atoms with Gasteiger partial charge in [-0.2, -0.15) is 0 Å². The van der Waals surface area contributed by atoms with E-state index in [1.54, 1.807) is 4.88 Å². The summed E-state index contributed by atoms with van der Waals surface area (Å²) < 4.78 is 0. The van der Waals surface area contributed by atoms with Gasteiger partial charge in [-0.25, -0.2) is 0 Å². The van der Waals surface area contributed by atoms with Gasteiger partial charge in [0, 0.05) is 30.4 Å². The maximum absolute atomic E-state index is 10.4. The molecule has 1 saturated carbocycles. The molecule has 19 heavy (non-hydrogen) atoms. The van der Waals surface area contributed by atoms with Crippen molar-refractivity contribution >= 4 is 11.3 Å². The lowest BCUT2D eigenvalue weighted by molar-refractivity contribution is -0.00399. The number of fused-ring (bicyclic) bond motifs is 1. The largest absolute Gasteiger partial charge is 0.393 e. The molecule has 2 heterocycles. The van der Waals surface area contributed by atoms with Crippen molar-refractivity contribution in [2.75, 3.05) is 13.1 Å². The molecule has 0 aromatic carbocycles. The highest BCUT2D eigenvalue weighted by Crippen LogP contribution is 2.35. The van der Waals surface area contributed by atoms with Crippen molar-refractivity contribution in [2.45, 2.75) is 45.8 Å². The molecule has 0 spiro atoms. The maximum Gasteiger partial charge on any atom is 0.0585 e. The molecule has 4 atom stereocenters. The van der Waals surface area contributed by atoms with E-state index in [-0.39, 0.29) is 6.10 Å². The number of thiophene rings is 1. The molecule has 106 valence electrons. The first-order valence-electron chi connectivity index (χ1n) is 7.59. The minimum Gasteiger partial charge on any atom is -0.393 e. The Labute approximate surface area is 120 Å². The van der Waals surface area contributed by atoms with Crippen LogP contribution in [0.1, 0.15) is 37.1 Å². The van der Waals surface area contributed by atoms with Crippen LogP contribution in [0.2, 0.25) is 0 Å². The summed E-state index contributed by atoms with van der Waals surface area (Å²) in [7, 11) is 0. The molecule has 2 nitrogen and oxygen atoms in total. The van der Waals surface area contributed by atoms with Crippen molar-refractivity contribution < 1.29 is 5.11 Å². The fourth-order valence-corrected chi connectivity index (χ4v) is 4.82. The predicted octanol–water partition coefficient (Wildman–Crippen LogP) is 3.15. The van der Waals surface area contributed by atoms with Crippen molar-refractivity contribution in [1.29, 1.82) is 0 Å². The van der Waals surface area contributed by atoms with Crippen LogP contribution in [0.5, 0.6) is 0 Å². The average molecular weight is 279 g/mol.